The monoisotopic (exact) mass is 285 g/mol. The van der Waals surface area contributed by atoms with Gasteiger partial charge in [-0.05, 0) is 35.7 Å². The van der Waals surface area contributed by atoms with Crippen LogP contribution in [0.15, 0.2) is 29.6 Å². The lowest BCUT2D eigenvalue weighted by atomic mass is 10.1. The van der Waals surface area contributed by atoms with Gasteiger partial charge in [0.25, 0.3) is 0 Å². The highest BCUT2D eigenvalue weighted by Crippen LogP contribution is 2.26. The number of carbonyl (C=O) groups excluding carboxylic acids is 1. The Balaban J connectivity index is 0.00000162. The van der Waals surface area contributed by atoms with E-state index in [2.05, 4.69) is 17.5 Å². The van der Waals surface area contributed by atoms with Crippen molar-refractivity contribution in [3.05, 3.63) is 35.2 Å². The smallest absolute Gasteiger partial charge is 0.323 e. The van der Waals surface area contributed by atoms with Gasteiger partial charge in [-0.25, -0.2) is 0 Å². The van der Waals surface area contributed by atoms with E-state index in [1.54, 1.807) is 18.3 Å². The minimum atomic E-state index is -0.576. The fourth-order valence-electron chi connectivity index (χ4n) is 1.76. The summed E-state index contributed by atoms with van der Waals surface area (Å²) in [6.45, 7) is 2.15. The molecule has 1 heterocycles. The summed E-state index contributed by atoms with van der Waals surface area (Å²) in [5.74, 6) is -0.331. The zero-order chi connectivity index (χ0) is 12.3. The summed E-state index contributed by atoms with van der Waals surface area (Å²) < 4.78 is 6.12. The quantitative estimate of drug-likeness (QED) is 0.879. The summed E-state index contributed by atoms with van der Waals surface area (Å²) >= 11 is 1.67. The lowest BCUT2D eigenvalue weighted by Gasteiger charge is -2.09. The Morgan fingerprint density at radius 2 is 2.17 bits per heavy atom. The van der Waals surface area contributed by atoms with Crippen LogP contribution < -0.4 is 5.73 Å². The van der Waals surface area contributed by atoms with E-state index in [4.69, 9.17) is 10.5 Å². The van der Waals surface area contributed by atoms with Crippen LogP contribution in [0.2, 0.25) is 0 Å². The van der Waals surface area contributed by atoms with Crippen LogP contribution in [-0.4, -0.2) is 18.6 Å². The van der Waals surface area contributed by atoms with Crippen molar-refractivity contribution >= 4 is 39.8 Å². The number of ether oxygens (including phenoxy) is 1. The van der Waals surface area contributed by atoms with Crippen LogP contribution in [0.3, 0.4) is 0 Å². The molecule has 1 aromatic heterocycles. The second kappa shape index (κ2) is 6.73. The molecule has 18 heavy (non-hydrogen) atoms. The van der Waals surface area contributed by atoms with E-state index in [1.807, 2.05) is 12.1 Å². The molecule has 0 spiro atoms. The van der Waals surface area contributed by atoms with E-state index in [9.17, 15) is 4.79 Å². The second-order valence-electron chi connectivity index (χ2n) is 3.82. The van der Waals surface area contributed by atoms with Crippen LogP contribution >= 0.6 is 23.7 Å². The highest BCUT2D eigenvalue weighted by molar-refractivity contribution is 7.17. The maximum Gasteiger partial charge on any atom is 0.323 e. The SMILES string of the molecule is CCOC(=O)[C@@H](N)Cc1csc2ccccc12.Cl. The van der Waals surface area contributed by atoms with Crippen LogP contribution in [0.1, 0.15) is 12.5 Å². The number of benzene rings is 1. The molecule has 0 saturated carbocycles. The average Bonchev–Trinajstić information content (AvgIpc) is 2.73. The predicted molar refractivity (Wildman–Crippen MR) is 77.4 cm³/mol. The first-order chi connectivity index (χ1) is 8.22. The van der Waals surface area contributed by atoms with Crippen LogP contribution in [0, 0.1) is 0 Å². The van der Waals surface area contributed by atoms with Crippen LogP contribution in [0.25, 0.3) is 10.1 Å². The molecule has 0 aliphatic carbocycles. The first kappa shape index (κ1) is 15.0. The third-order valence-electron chi connectivity index (χ3n) is 2.59. The van der Waals surface area contributed by atoms with Gasteiger partial charge >= 0.3 is 5.97 Å². The number of hydrogen-bond acceptors (Lipinski definition) is 4. The lowest BCUT2D eigenvalue weighted by Crippen LogP contribution is -2.34. The maximum atomic E-state index is 11.5. The number of carbonyl (C=O) groups is 1. The summed E-state index contributed by atoms with van der Waals surface area (Å²) in [6.07, 6.45) is 0.531. The number of rotatable bonds is 4. The molecular weight excluding hydrogens is 270 g/mol. The van der Waals surface area contributed by atoms with Crippen LogP contribution in [-0.2, 0) is 16.0 Å². The normalized spacial score (nSPS) is 11.9. The topological polar surface area (TPSA) is 52.3 Å². The number of esters is 1. The zero-order valence-corrected chi connectivity index (χ0v) is 11.7. The molecule has 1 aromatic carbocycles. The van der Waals surface area contributed by atoms with Crippen LogP contribution in [0.4, 0.5) is 0 Å². The molecule has 2 rings (SSSR count). The van der Waals surface area contributed by atoms with Gasteiger partial charge in [-0.15, -0.1) is 23.7 Å². The van der Waals surface area contributed by atoms with Gasteiger partial charge in [0.2, 0.25) is 0 Å². The Labute approximate surface area is 116 Å². The van der Waals surface area contributed by atoms with E-state index in [0.29, 0.717) is 13.0 Å². The Hall–Kier alpha value is -1.10. The summed E-state index contributed by atoms with van der Waals surface area (Å²) in [5, 5.41) is 3.24. The van der Waals surface area contributed by atoms with Crippen molar-refractivity contribution in [3.63, 3.8) is 0 Å². The number of hydrogen-bond donors (Lipinski definition) is 1. The van der Waals surface area contributed by atoms with Gasteiger partial charge in [-0.3, -0.25) is 4.79 Å². The van der Waals surface area contributed by atoms with E-state index < -0.39 is 6.04 Å². The van der Waals surface area contributed by atoms with Gasteiger partial charge in [0.05, 0.1) is 6.61 Å². The first-order valence-corrected chi connectivity index (χ1v) is 6.47. The largest absolute Gasteiger partial charge is 0.465 e. The van der Waals surface area contributed by atoms with E-state index in [-0.39, 0.29) is 18.4 Å². The predicted octanol–water partition coefficient (Wildman–Crippen LogP) is 2.76. The molecule has 2 N–H and O–H groups in total. The Morgan fingerprint density at radius 1 is 1.44 bits per heavy atom. The molecule has 0 saturated heterocycles. The maximum absolute atomic E-state index is 11.5. The standard InChI is InChI=1S/C13H15NO2S.ClH/c1-2-16-13(15)11(14)7-9-8-17-12-6-4-3-5-10(9)12;/h3-6,8,11H,2,7,14H2,1H3;1H/t11-;/m0./s1. The number of halogens is 1. The van der Waals surface area contributed by atoms with Crippen LogP contribution in [0.5, 0.6) is 0 Å². The molecule has 0 aliphatic heterocycles. The Bertz CT molecular complexity index is 526. The number of fused-ring (bicyclic) bond motifs is 1. The highest BCUT2D eigenvalue weighted by atomic mass is 35.5. The fourth-order valence-corrected chi connectivity index (χ4v) is 2.74. The minimum Gasteiger partial charge on any atom is -0.465 e. The molecule has 3 nitrogen and oxygen atoms in total. The van der Waals surface area contributed by atoms with Gasteiger partial charge in [-0.1, -0.05) is 18.2 Å². The van der Waals surface area contributed by atoms with Gasteiger partial charge in [0, 0.05) is 4.70 Å². The average molecular weight is 286 g/mol. The highest BCUT2D eigenvalue weighted by Gasteiger charge is 2.16. The molecule has 0 radical (unpaired) electrons. The third kappa shape index (κ3) is 3.22. The molecule has 98 valence electrons. The van der Waals surface area contributed by atoms with Crippen molar-refractivity contribution in [1.29, 1.82) is 0 Å². The molecule has 0 amide bonds. The van der Waals surface area contributed by atoms with Gasteiger partial charge in [-0.2, -0.15) is 0 Å². The zero-order valence-electron chi connectivity index (χ0n) is 10.1. The van der Waals surface area contributed by atoms with Gasteiger partial charge in [0.15, 0.2) is 0 Å². The molecule has 0 unspecified atom stereocenters. The molecule has 1 atom stereocenters. The van der Waals surface area contributed by atoms with E-state index in [0.717, 1.165) is 5.56 Å². The number of nitrogens with two attached hydrogens (primary N) is 1. The molecule has 5 heteroatoms. The molecular formula is C13H16ClNO2S. The lowest BCUT2D eigenvalue weighted by molar-refractivity contribution is -0.144. The third-order valence-corrected chi connectivity index (χ3v) is 3.60. The minimum absolute atomic E-state index is 0. The fraction of sp³-hybridized carbons (Fsp3) is 0.308. The molecule has 0 fully saturated rings. The van der Waals surface area contributed by atoms with Crippen molar-refractivity contribution in [2.24, 2.45) is 5.73 Å². The van der Waals surface area contributed by atoms with Gasteiger partial charge in [0.1, 0.15) is 6.04 Å². The van der Waals surface area contributed by atoms with Crippen molar-refractivity contribution in [1.82, 2.24) is 0 Å². The van der Waals surface area contributed by atoms with Gasteiger partial charge < -0.3 is 10.5 Å². The molecule has 2 aromatic rings. The second-order valence-corrected chi connectivity index (χ2v) is 4.73. The molecule has 0 aliphatic rings. The number of thiophene rings is 1. The van der Waals surface area contributed by atoms with Crippen molar-refractivity contribution in [2.75, 3.05) is 6.61 Å². The Kier molecular flexibility index (Phi) is 5.59. The summed E-state index contributed by atoms with van der Waals surface area (Å²) in [7, 11) is 0. The first-order valence-electron chi connectivity index (χ1n) is 5.59. The van der Waals surface area contributed by atoms with Crippen molar-refractivity contribution in [2.45, 2.75) is 19.4 Å². The summed E-state index contributed by atoms with van der Waals surface area (Å²) in [5.41, 5.74) is 6.93. The molecule has 0 bridgehead atoms. The van der Waals surface area contributed by atoms with E-state index in [1.165, 1.54) is 10.1 Å². The van der Waals surface area contributed by atoms with Crippen molar-refractivity contribution in [3.8, 4) is 0 Å². The van der Waals surface area contributed by atoms with Crippen molar-refractivity contribution < 1.29 is 9.53 Å². The summed E-state index contributed by atoms with van der Waals surface area (Å²) in [6, 6.07) is 7.55. The van der Waals surface area contributed by atoms with E-state index >= 15 is 0 Å². The Morgan fingerprint density at radius 3 is 2.89 bits per heavy atom. The summed E-state index contributed by atoms with van der Waals surface area (Å²) in [4.78, 5) is 11.5.